The molecule has 1 aromatic carbocycles. The van der Waals surface area contributed by atoms with Crippen LogP contribution in [0.25, 0.3) is 0 Å². The maximum absolute atomic E-state index is 6.12. The van der Waals surface area contributed by atoms with E-state index in [4.69, 9.17) is 16.0 Å². The van der Waals surface area contributed by atoms with Crippen molar-refractivity contribution in [2.75, 3.05) is 6.54 Å². The van der Waals surface area contributed by atoms with E-state index < -0.39 is 0 Å². The molecule has 1 N–H and O–H groups in total. The van der Waals surface area contributed by atoms with Gasteiger partial charge in [-0.15, -0.1) is 0 Å². The molecule has 2 rings (SSSR count). The molecule has 1 heterocycles. The third-order valence-electron chi connectivity index (χ3n) is 3.48. The SMILES string of the molecule is CCNC(c1ccc(C(C)(C)C)cc1)c1ccoc1Cl. The summed E-state index contributed by atoms with van der Waals surface area (Å²) < 4.78 is 5.22. The van der Waals surface area contributed by atoms with Gasteiger partial charge in [-0.05, 0) is 40.8 Å². The van der Waals surface area contributed by atoms with Crippen LogP contribution in [0.15, 0.2) is 41.0 Å². The van der Waals surface area contributed by atoms with Gasteiger partial charge in [0.2, 0.25) is 0 Å². The van der Waals surface area contributed by atoms with Gasteiger partial charge in [0.05, 0.1) is 12.3 Å². The molecular weight excluding hydrogens is 270 g/mol. The molecule has 0 bridgehead atoms. The van der Waals surface area contributed by atoms with Gasteiger partial charge in [-0.2, -0.15) is 0 Å². The number of hydrogen-bond donors (Lipinski definition) is 1. The van der Waals surface area contributed by atoms with Gasteiger partial charge in [-0.25, -0.2) is 0 Å². The van der Waals surface area contributed by atoms with Crippen LogP contribution in [0.1, 0.15) is 50.4 Å². The van der Waals surface area contributed by atoms with Gasteiger partial charge in [-0.3, -0.25) is 0 Å². The molecule has 0 aliphatic carbocycles. The summed E-state index contributed by atoms with van der Waals surface area (Å²) in [7, 11) is 0. The van der Waals surface area contributed by atoms with Crippen molar-refractivity contribution in [1.82, 2.24) is 5.32 Å². The number of benzene rings is 1. The first-order chi connectivity index (χ1) is 9.43. The molecule has 0 radical (unpaired) electrons. The number of hydrogen-bond acceptors (Lipinski definition) is 2. The molecule has 1 aromatic heterocycles. The average Bonchev–Trinajstić information content (AvgIpc) is 2.81. The van der Waals surface area contributed by atoms with Gasteiger partial charge in [-0.1, -0.05) is 52.0 Å². The Morgan fingerprint density at radius 3 is 2.25 bits per heavy atom. The molecule has 0 aliphatic rings. The Morgan fingerprint density at radius 1 is 1.15 bits per heavy atom. The van der Waals surface area contributed by atoms with Crippen molar-refractivity contribution in [2.24, 2.45) is 0 Å². The molecule has 0 saturated heterocycles. The lowest BCUT2D eigenvalue weighted by Crippen LogP contribution is -2.22. The second-order valence-corrected chi connectivity index (χ2v) is 6.36. The van der Waals surface area contributed by atoms with Crippen molar-refractivity contribution in [1.29, 1.82) is 0 Å². The Bertz CT molecular complexity index is 551. The summed E-state index contributed by atoms with van der Waals surface area (Å²) in [5.41, 5.74) is 3.68. The first-order valence-electron chi connectivity index (χ1n) is 7.00. The fraction of sp³-hybridized carbons (Fsp3) is 0.412. The highest BCUT2D eigenvalue weighted by Gasteiger charge is 2.19. The topological polar surface area (TPSA) is 25.2 Å². The van der Waals surface area contributed by atoms with E-state index >= 15 is 0 Å². The number of nitrogens with one attached hydrogen (secondary N) is 1. The van der Waals surface area contributed by atoms with E-state index in [0.29, 0.717) is 5.22 Å². The number of halogens is 1. The van der Waals surface area contributed by atoms with E-state index in [-0.39, 0.29) is 11.5 Å². The maximum atomic E-state index is 6.12. The predicted molar refractivity (Wildman–Crippen MR) is 84.4 cm³/mol. The molecule has 108 valence electrons. The van der Waals surface area contributed by atoms with E-state index in [1.165, 1.54) is 11.1 Å². The molecular formula is C17H22ClNO. The summed E-state index contributed by atoms with van der Waals surface area (Å²) in [5, 5.41) is 3.91. The number of rotatable bonds is 4. The predicted octanol–water partition coefficient (Wildman–Crippen LogP) is 4.93. The molecule has 1 unspecified atom stereocenters. The van der Waals surface area contributed by atoms with Crippen molar-refractivity contribution in [3.05, 3.63) is 58.5 Å². The summed E-state index contributed by atoms with van der Waals surface area (Å²) in [6, 6.07) is 10.7. The molecule has 2 nitrogen and oxygen atoms in total. The van der Waals surface area contributed by atoms with Gasteiger partial charge in [0.25, 0.3) is 0 Å². The van der Waals surface area contributed by atoms with E-state index in [9.17, 15) is 0 Å². The molecule has 1 atom stereocenters. The monoisotopic (exact) mass is 291 g/mol. The largest absolute Gasteiger partial charge is 0.453 e. The first-order valence-corrected chi connectivity index (χ1v) is 7.38. The Kier molecular flexibility index (Phi) is 4.56. The van der Waals surface area contributed by atoms with Crippen LogP contribution < -0.4 is 5.32 Å². The third kappa shape index (κ3) is 3.25. The zero-order chi connectivity index (χ0) is 14.8. The zero-order valence-corrected chi connectivity index (χ0v) is 13.3. The minimum absolute atomic E-state index is 0.0697. The number of furan rings is 1. The Hall–Kier alpha value is -1.25. The van der Waals surface area contributed by atoms with Crippen molar-refractivity contribution in [3.8, 4) is 0 Å². The summed E-state index contributed by atoms with van der Waals surface area (Å²) in [6.07, 6.45) is 1.63. The van der Waals surface area contributed by atoms with Gasteiger partial charge in [0, 0.05) is 5.56 Å². The van der Waals surface area contributed by atoms with Crippen molar-refractivity contribution in [3.63, 3.8) is 0 Å². The van der Waals surface area contributed by atoms with Crippen LogP contribution in [0.3, 0.4) is 0 Å². The van der Waals surface area contributed by atoms with E-state index in [2.05, 4.69) is 57.3 Å². The summed E-state index contributed by atoms with van der Waals surface area (Å²) in [6.45, 7) is 9.61. The molecule has 0 fully saturated rings. The fourth-order valence-electron chi connectivity index (χ4n) is 2.30. The molecule has 0 saturated carbocycles. The Morgan fingerprint density at radius 2 is 1.80 bits per heavy atom. The standard InChI is InChI=1S/C17H22ClNO/c1-5-19-15(14-10-11-20-16(14)18)12-6-8-13(9-7-12)17(2,3)4/h6-11,15,19H,5H2,1-4H3. The quantitative estimate of drug-likeness (QED) is 0.864. The van der Waals surface area contributed by atoms with E-state index in [0.717, 1.165) is 12.1 Å². The third-order valence-corrected chi connectivity index (χ3v) is 3.78. The zero-order valence-electron chi connectivity index (χ0n) is 12.5. The maximum Gasteiger partial charge on any atom is 0.198 e. The minimum atomic E-state index is 0.0697. The molecule has 0 spiro atoms. The van der Waals surface area contributed by atoms with Crippen LogP contribution in [0, 0.1) is 0 Å². The van der Waals surface area contributed by atoms with Crippen molar-refractivity contribution < 1.29 is 4.42 Å². The minimum Gasteiger partial charge on any atom is -0.453 e. The van der Waals surface area contributed by atoms with Crippen molar-refractivity contribution >= 4 is 11.6 Å². The van der Waals surface area contributed by atoms with Crippen LogP contribution in [0.2, 0.25) is 5.22 Å². The molecule has 20 heavy (non-hydrogen) atoms. The van der Waals surface area contributed by atoms with Crippen LogP contribution in [-0.2, 0) is 5.41 Å². The summed E-state index contributed by atoms with van der Waals surface area (Å²) in [4.78, 5) is 0. The van der Waals surface area contributed by atoms with Gasteiger partial charge in [0.1, 0.15) is 0 Å². The smallest absolute Gasteiger partial charge is 0.198 e. The van der Waals surface area contributed by atoms with Crippen LogP contribution in [0.4, 0.5) is 0 Å². The highest BCUT2D eigenvalue weighted by Crippen LogP contribution is 2.30. The Labute approximate surface area is 126 Å². The summed E-state index contributed by atoms with van der Waals surface area (Å²) >= 11 is 6.12. The van der Waals surface area contributed by atoms with Gasteiger partial charge >= 0.3 is 0 Å². The first kappa shape index (κ1) is 15.1. The highest BCUT2D eigenvalue weighted by atomic mass is 35.5. The molecule has 3 heteroatoms. The highest BCUT2D eigenvalue weighted by molar-refractivity contribution is 6.29. The molecule has 2 aromatic rings. The molecule has 0 amide bonds. The second-order valence-electron chi connectivity index (χ2n) is 6.01. The molecule has 0 aliphatic heterocycles. The fourth-order valence-corrected chi connectivity index (χ4v) is 2.52. The average molecular weight is 292 g/mol. The Balaban J connectivity index is 2.33. The van der Waals surface area contributed by atoms with Crippen LogP contribution in [0.5, 0.6) is 0 Å². The van der Waals surface area contributed by atoms with Crippen molar-refractivity contribution in [2.45, 2.75) is 39.2 Å². The lowest BCUT2D eigenvalue weighted by atomic mass is 9.86. The van der Waals surface area contributed by atoms with Gasteiger partial charge < -0.3 is 9.73 Å². The summed E-state index contributed by atoms with van der Waals surface area (Å²) in [5.74, 6) is 0. The normalized spacial score (nSPS) is 13.4. The van der Waals surface area contributed by atoms with Crippen LogP contribution in [-0.4, -0.2) is 6.54 Å². The lowest BCUT2D eigenvalue weighted by molar-refractivity contribution is 0.554. The van der Waals surface area contributed by atoms with E-state index in [1.54, 1.807) is 6.26 Å². The second kappa shape index (κ2) is 6.02. The van der Waals surface area contributed by atoms with Crippen LogP contribution >= 0.6 is 11.6 Å². The van der Waals surface area contributed by atoms with Gasteiger partial charge in [0.15, 0.2) is 5.22 Å². The van der Waals surface area contributed by atoms with E-state index in [1.807, 2.05) is 6.07 Å². The lowest BCUT2D eigenvalue weighted by Gasteiger charge is -2.22.